The van der Waals surface area contributed by atoms with Crippen molar-refractivity contribution in [3.63, 3.8) is 0 Å². The molecule has 1 aliphatic carbocycles. The second-order valence-electron chi connectivity index (χ2n) is 9.87. The standard InChI is InChI=1S/C26H32F2N6O2/c1-16-3-8-20-21(13-16)34(25(30-20)24(27)28)23-15-22(33-9-11-36-12-10-33)31-26(32-23)29-19-6-4-18(5-7-19)14-17(2)35/h3,8,13,15,18-19,24H,4-7,9-12,14H2,1-2H3,(H,29,31,32). The van der Waals surface area contributed by atoms with E-state index in [1.165, 1.54) is 4.57 Å². The monoisotopic (exact) mass is 498 g/mol. The van der Waals surface area contributed by atoms with Gasteiger partial charge in [0, 0.05) is 31.6 Å². The van der Waals surface area contributed by atoms with E-state index in [4.69, 9.17) is 14.7 Å². The summed E-state index contributed by atoms with van der Waals surface area (Å²) in [5.74, 6) is 1.77. The first-order chi connectivity index (χ1) is 17.4. The molecule has 3 aromatic rings. The first kappa shape index (κ1) is 24.5. The van der Waals surface area contributed by atoms with Crippen LogP contribution in [0.5, 0.6) is 0 Å². The highest BCUT2D eigenvalue weighted by Gasteiger charge is 2.26. The first-order valence-electron chi connectivity index (χ1n) is 12.6. The molecule has 1 N–H and O–H groups in total. The van der Waals surface area contributed by atoms with Crippen LogP contribution in [0.1, 0.15) is 56.8 Å². The van der Waals surface area contributed by atoms with Gasteiger partial charge in [-0.1, -0.05) is 6.07 Å². The van der Waals surface area contributed by atoms with Crippen LogP contribution in [0.15, 0.2) is 24.3 Å². The number of morpholine rings is 1. The van der Waals surface area contributed by atoms with Crippen molar-refractivity contribution in [1.29, 1.82) is 0 Å². The van der Waals surface area contributed by atoms with E-state index in [0.29, 0.717) is 67.3 Å². The number of hydrogen-bond acceptors (Lipinski definition) is 7. The number of aromatic nitrogens is 4. The average Bonchev–Trinajstić information content (AvgIpc) is 3.24. The zero-order valence-electron chi connectivity index (χ0n) is 20.7. The fraction of sp³-hybridized carbons (Fsp3) is 0.538. The SMILES string of the molecule is CC(=O)CC1CCC(Nc2nc(N3CCOCC3)cc(-n3c(C(F)F)nc4ccc(C)cc43)n2)CC1. The summed E-state index contributed by atoms with van der Waals surface area (Å²) < 4.78 is 35.2. The van der Waals surface area contributed by atoms with E-state index in [-0.39, 0.29) is 17.6 Å². The van der Waals surface area contributed by atoms with E-state index in [2.05, 4.69) is 15.2 Å². The van der Waals surface area contributed by atoms with E-state index in [1.807, 2.05) is 19.1 Å². The van der Waals surface area contributed by atoms with Gasteiger partial charge in [0.1, 0.15) is 17.4 Å². The number of carbonyl (C=O) groups is 1. The number of benzene rings is 1. The molecule has 5 rings (SSSR count). The Labute approximate surface area is 209 Å². The van der Waals surface area contributed by atoms with Crippen molar-refractivity contribution in [2.24, 2.45) is 5.92 Å². The Hall–Kier alpha value is -3.14. The second kappa shape index (κ2) is 10.5. The van der Waals surface area contributed by atoms with Crippen molar-refractivity contribution >= 4 is 28.6 Å². The molecule has 0 unspecified atom stereocenters. The molecule has 36 heavy (non-hydrogen) atoms. The van der Waals surface area contributed by atoms with Gasteiger partial charge in [0.2, 0.25) is 5.95 Å². The fourth-order valence-electron chi connectivity index (χ4n) is 5.25. The molecule has 3 heterocycles. The van der Waals surface area contributed by atoms with Gasteiger partial charge < -0.3 is 19.7 Å². The minimum absolute atomic E-state index is 0.164. The lowest BCUT2D eigenvalue weighted by Gasteiger charge is -2.30. The zero-order valence-corrected chi connectivity index (χ0v) is 20.7. The Morgan fingerprint density at radius 1 is 1.08 bits per heavy atom. The van der Waals surface area contributed by atoms with Crippen molar-refractivity contribution in [2.75, 3.05) is 36.5 Å². The Morgan fingerprint density at radius 3 is 2.50 bits per heavy atom. The fourth-order valence-corrected chi connectivity index (χ4v) is 5.25. The second-order valence-corrected chi connectivity index (χ2v) is 9.87. The molecule has 1 saturated carbocycles. The minimum atomic E-state index is -2.76. The van der Waals surface area contributed by atoms with Gasteiger partial charge in [0.15, 0.2) is 5.82 Å². The number of aryl methyl sites for hydroxylation is 1. The Balaban J connectivity index is 1.51. The number of fused-ring (bicyclic) bond motifs is 1. The maximum Gasteiger partial charge on any atom is 0.296 e. The van der Waals surface area contributed by atoms with Crippen LogP contribution < -0.4 is 10.2 Å². The number of nitrogens with one attached hydrogen (secondary N) is 1. The zero-order chi connectivity index (χ0) is 25.2. The van der Waals surface area contributed by atoms with Crippen LogP contribution in [-0.4, -0.2) is 57.6 Å². The molecule has 8 nitrogen and oxygen atoms in total. The van der Waals surface area contributed by atoms with Crippen molar-refractivity contribution < 1.29 is 18.3 Å². The summed E-state index contributed by atoms with van der Waals surface area (Å²) >= 11 is 0. The first-order valence-corrected chi connectivity index (χ1v) is 12.6. The van der Waals surface area contributed by atoms with Gasteiger partial charge in [0.05, 0.1) is 24.2 Å². The maximum absolute atomic E-state index is 14.1. The molecular formula is C26H32F2N6O2. The molecule has 0 amide bonds. The van der Waals surface area contributed by atoms with Gasteiger partial charge >= 0.3 is 0 Å². The molecule has 2 aromatic heterocycles. The number of carbonyl (C=O) groups excluding carboxylic acids is 1. The normalized spacial score (nSPS) is 20.8. The predicted molar refractivity (Wildman–Crippen MR) is 134 cm³/mol. The number of rotatable bonds is 7. The number of anilines is 2. The largest absolute Gasteiger partial charge is 0.378 e. The van der Waals surface area contributed by atoms with Crippen LogP contribution in [-0.2, 0) is 9.53 Å². The third kappa shape index (κ3) is 5.33. The lowest BCUT2D eigenvalue weighted by Crippen LogP contribution is -2.37. The molecule has 2 aliphatic rings. The smallest absolute Gasteiger partial charge is 0.296 e. The van der Waals surface area contributed by atoms with Gasteiger partial charge in [-0.15, -0.1) is 0 Å². The Kier molecular flexibility index (Phi) is 7.13. The molecule has 192 valence electrons. The number of halogens is 2. The summed E-state index contributed by atoms with van der Waals surface area (Å²) in [6.45, 7) is 6.06. The molecule has 10 heteroatoms. The number of hydrogen-bond donors (Lipinski definition) is 1. The molecule has 2 fully saturated rings. The third-order valence-electron chi connectivity index (χ3n) is 7.05. The molecule has 0 radical (unpaired) electrons. The molecule has 1 saturated heterocycles. The highest BCUT2D eigenvalue weighted by molar-refractivity contribution is 5.79. The summed E-state index contributed by atoms with van der Waals surface area (Å²) in [4.78, 5) is 27.3. The molecule has 0 bridgehead atoms. The van der Waals surface area contributed by atoms with Crippen LogP contribution in [0.3, 0.4) is 0 Å². The molecule has 1 aliphatic heterocycles. The van der Waals surface area contributed by atoms with Crippen molar-refractivity contribution in [2.45, 2.75) is 58.4 Å². The molecule has 0 spiro atoms. The maximum atomic E-state index is 14.1. The highest BCUT2D eigenvalue weighted by atomic mass is 19.3. The summed E-state index contributed by atoms with van der Waals surface area (Å²) in [5.41, 5.74) is 2.04. The molecule has 1 aromatic carbocycles. The number of nitrogens with zero attached hydrogens (tertiary/aromatic N) is 5. The summed E-state index contributed by atoms with van der Waals surface area (Å²) in [6, 6.07) is 7.40. The average molecular weight is 499 g/mol. The third-order valence-corrected chi connectivity index (χ3v) is 7.05. The van der Waals surface area contributed by atoms with Gasteiger partial charge in [-0.25, -0.2) is 13.8 Å². The van der Waals surface area contributed by atoms with Crippen LogP contribution in [0.4, 0.5) is 20.5 Å². The lowest BCUT2D eigenvalue weighted by atomic mass is 9.83. The Bertz CT molecular complexity index is 1230. The van der Waals surface area contributed by atoms with Gasteiger partial charge in [-0.05, 0) is 63.1 Å². The van der Waals surface area contributed by atoms with E-state index in [0.717, 1.165) is 31.2 Å². The van der Waals surface area contributed by atoms with Crippen molar-refractivity contribution in [3.8, 4) is 5.82 Å². The number of ether oxygens (including phenoxy) is 1. The van der Waals surface area contributed by atoms with Gasteiger partial charge in [-0.3, -0.25) is 4.57 Å². The van der Waals surface area contributed by atoms with Crippen LogP contribution in [0, 0.1) is 12.8 Å². The van der Waals surface area contributed by atoms with Crippen molar-refractivity contribution in [3.05, 3.63) is 35.7 Å². The van der Waals surface area contributed by atoms with Crippen LogP contribution in [0.25, 0.3) is 16.9 Å². The van der Waals surface area contributed by atoms with E-state index in [9.17, 15) is 13.6 Å². The number of ketones is 1. The molecular weight excluding hydrogens is 466 g/mol. The predicted octanol–water partition coefficient (Wildman–Crippen LogP) is 4.85. The van der Waals surface area contributed by atoms with Gasteiger partial charge in [-0.2, -0.15) is 9.97 Å². The van der Waals surface area contributed by atoms with Crippen LogP contribution in [0.2, 0.25) is 0 Å². The highest BCUT2D eigenvalue weighted by Crippen LogP contribution is 2.32. The lowest BCUT2D eigenvalue weighted by molar-refractivity contribution is -0.118. The van der Waals surface area contributed by atoms with Crippen molar-refractivity contribution in [1.82, 2.24) is 19.5 Å². The quantitative estimate of drug-likeness (QED) is 0.499. The summed E-state index contributed by atoms with van der Waals surface area (Å²) in [7, 11) is 0. The molecule has 0 atom stereocenters. The van der Waals surface area contributed by atoms with E-state index >= 15 is 0 Å². The van der Waals surface area contributed by atoms with Crippen LogP contribution >= 0.6 is 0 Å². The number of imidazole rings is 1. The van der Waals surface area contributed by atoms with Gasteiger partial charge in [0.25, 0.3) is 6.43 Å². The van der Waals surface area contributed by atoms with E-state index in [1.54, 1.807) is 19.1 Å². The van der Waals surface area contributed by atoms with E-state index < -0.39 is 6.43 Å². The Morgan fingerprint density at radius 2 is 1.81 bits per heavy atom. The minimum Gasteiger partial charge on any atom is -0.378 e. The topological polar surface area (TPSA) is 85.2 Å². The number of Topliss-reactive ketones (excluding diaryl/α,β-unsaturated/α-hetero) is 1. The summed E-state index contributed by atoms with van der Waals surface area (Å²) in [5, 5.41) is 3.46. The summed E-state index contributed by atoms with van der Waals surface area (Å²) in [6.07, 6.45) is 1.63. The number of alkyl halides is 2.